The van der Waals surface area contributed by atoms with Gasteiger partial charge in [-0.15, -0.1) is 0 Å². The third kappa shape index (κ3) is 4.36. The number of carbonyl (C=O) groups is 2. The van der Waals surface area contributed by atoms with Gasteiger partial charge in [0, 0.05) is 6.54 Å². The molecule has 1 unspecified atom stereocenters. The van der Waals surface area contributed by atoms with E-state index in [1.807, 2.05) is 43.3 Å². The van der Waals surface area contributed by atoms with E-state index in [1.54, 1.807) is 0 Å². The molecule has 0 fully saturated rings. The van der Waals surface area contributed by atoms with Gasteiger partial charge in [0.05, 0.1) is 0 Å². The van der Waals surface area contributed by atoms with Crippen molar-refractivity contribution in [1.82, 2.24) is 4.90 Å². The number of aliphatic carboxylic acids is 1. The summed E-state index contributed by atoms with van der Waals surface area (Å²) in [6.07, 6.45) is 0.737. The van der Waals surface area contributed by atoms with Gasteiger partial charge in [-0.2, -0.15) is 0 Å². The highest BCUT2D eigenvalue weighted by Gasteiger charge is 2.16. The standard InChI is InChI=1S/C13H17NO3/c1-14(2)8-11-5-3-4-10(6-11)7-12(9-15)13(16)17/h3-6,9,12H,7-8H2,1-2H3,(H,16,17). The van der Waals surface area contributed by atoms with Crippen molar-refractivity contribution in [2.45, 2.75) is 13.0 Å². The molecule has 92 valence electrons. The zero-order chi connectivity index (χ0) is 12.8. The van der Waals surface area contributed by atoms with E-state index in [9.17, 15) is 9.59 Å². The lowest BCUT2D eigenvalue weighted by Crippen LogP contribution is -2.18. The molecule has 1 N–H and O–H groups in total. The Morgan fingerprint density at radius 1 is 1.41 bits per heavy atom. The molecule has 0 saturated carbocycles. The van der Waals surface area contributed by atoms with E-state index < -0.39 is 11.9 Å². The second-order valence-corrected chi connectivity index (χ2v) is 4.34. The zero-order valence-electron chi connectivity index (χ0n) is 10.1. The third-order valence-electron chi connectivity index (χ3n) is 2.43. The SMILES string of the molecule is CN(C)Cc1cccc(CC(C=O)C(=O)O)c1. The lowest BCUT2D eigenvalue weighted by atomic mass is 9.99. The average molecular weight is 235 g/mol. The molecule has 0 saturated heterocycles. The second-order valence-electron chi connectivity index (χ2n) is 4.34. The Morgan fingerprint density at radius 2 is 2.06 bits per heavy atom. The highest BCUT2D eigenvalue weighted by Crippen LogP contribution is 2.11. The summed E-state index contributed by atoms with van der Waals surface area (Å²) in [5, 5.41) is 8.81. The van der Waals surface area contributed by atoms with Crippen molar-refractivity contribution < 1.29 is 14.7 Å². The Balaban J connectivity index is 2.77. The molecule has 4 nitrogen and oxygen atoms in total. The van der Waals surface area contributed by atoms with Crippen LogP contribution in [0.3, 0.4) is 0 Å². The van der Waals surface area contributed by atoms with Crippen LogP contribution in [-0.2, 0) is 22.6 Å². The molecular formula is C13H17NO3. The van der Waals surface area contributed by atoms with Gasteiger partial charge >= 0.3 is 5.97 Å². The van der Waals surface area contributed by atoms with Crippen LogP contribution in [-0.4, -0.2) is 36.4 Å². The number of benzene rings is 1. The molecule has 17 heavy (non-hydrogen) atoms. The Labute approximate surface area is 101 Å². The van der Waals surface area contributed by atoms with Crippen LogP contribution in [0.2, 0.25) is 0 Å². The van der Waals surface area contributed by atoms with E-state index in [2.05, 4.69) is 0 Å². The quantitative estimate of drug-likeness (QED) is 0.594. The van der Waals surface area contributed by atoms with Crippen LogP contribution in [0.5, 0.6) is 0 Å². The molecule has 0 amide bonds. The lowest BCUT2D eigenvalue weighted by Gasteiger charge is -2.11. The van der Waals surface area contributed by atoms with Gasteiger partial charge in [-0.05, 0) is 31.6 Å². The van der Waals surface area contributed by atoms with Crippen LogP contribution < -0.4 is 0 Å². The van der Waals surface area contributed by atoms with Gasteiger partial charge in [0.25, 0.3) is 0 Å². The highest BCUT2D eigenvalue weighted by atomic mass is 16.4. The van der Waals surface area contributed by atoms with Crippen molar-refractivity contribution in [3.05, 3.63) is 35.4 Å². The number of carbonyl (C=O) groups excluding carboxylic acids is 1. The summed E-state index contributed by atoms with van der Waals surface area (Å²) in [4.78, 5) is 23.4. The van der Waals surface area contributed by atoms with Gasteiger partial charge < -0.3 is 14.8 Å². The monoisotopic (exact) mass is 235 g/mol. The van der Waals surface area contributed by atoms with Gasteiger partial charge in [-0.1, -0.05) is 24.3 Å². The minimum absolute atomic E-state index is 0.250. The minimum Gasteiger partial charge on any atom is -0.481 e. The summed E-state index contributed by atoms with van der Waals surface area (Å²) in [5.41, 5.74) is 1.99. The van der Waals surface area contributed by atoms with Gasteiger partial charge in [0.2, 0.25) is 0 Å². The fraction of sp³-hybridized carbons (Fsp3) is 0.385. The number of carboxylic acid groups (broad SMARTS) is 1. The Hall–Kier alpha value is -1.68. The Kier molecular flexibility index (Phi) is 4.84. The van der Waals surface area contributed by atoms with E-state index in [0.717, 1.165) is 17.7 Å². The number of aldehydes is 1. The summed E-state index contributed by atoms with van der Waals surface area (Å²) < 4.78 is 0. The van der Waals surface area contributed by atoms with E-state index in [0.29, 0.717) is 6.29 Å². The molecule has 0 aromatic heterocycles. The van der Waals surface area contributed by atoms with Gasteiger partial charge in [-0.3, -0.25) is 4.79 Å². The maximum atomic E-state index is 10.8. The van der Waals surface area contributed by atoms with Crippen LogP contribution in [0.25, 0.3) is 0 Å². The average Bonchev–Trinajstić information content (AvgIpc) is 2.25. The number of nitrogens with zero attached hydrogens (tertiary/aromatic N) is 1. The second kappa shape index (κ2) is 6.15. The van der Waals surface area contributed by atoms with E-state index in [1.165, 1.54) is 0 Å². The maximum Gasteiger partial charge on any atom is 0.314 e. The van der Waals surface area contributed by atoms with Crippen molar-refractivity contribution in [3.8, 4) is 0 Å². The molecule has 0 spiro atoms. The molecule has 1 rings (SSSR count). The molecule has 0 radical (unpaired) electrons. The van der Waals surface area contributed by atoms with Crippen LogP contribution in [0.1, 0.15) is 11.1 Å². The first-order valence-electron chi connectivity index (χ1n) is 5.43. The molecule has 0 aliphatic rings. The van der Waals surface area contributed by atoms with Crippen molar-refractivity contribution in [3.63, 3.8) is 0 Å². The largest absolute Gasteiger partial charge is 0.481 e. The number of hydrogen-bond donors (Lipinski definition) is 1. The lowest BCUT2D eigenvalue weighted by molar-refractivity contribution is -0.143. The first-order valence-corrected chi connectivity index (χ1v) is 5.43. The Bertz CT molecular complexity index is 401. The smallest absolute Gasteiger partial charge is 0.314 e. The normalized spacial score (nSPS) is 12.4. The summed E-state index contributed by atoms with van der Waals surface area (Å²) in [5.74, 6) is -2.03. The van der Waals surface area contributed by atoms with E-state index in [-0.39, 0.29) is 6.42 Å². The fourth-order valence-electron chi connectivity index (χ4n) is 1.67. The molecule has 1 atom stereocenters. The predicted molar refractivity (Wildman–Crippen MR) is 64.7 cm³/mol. The minimum atomic E-state index is -1.07. The van der Waals surface area contributed by atoms with Crippen molar-refractivity contribution in [1.29, 1.82) is 0 Å². The highest BCUT2D eigenvalue weighted by molar-refractivity contribution is 5.86. The molecular weight excluding hydrogens is 218 g/mol. The van der Waals surface area contributed by atoms with Gasteiger partial charge in [-0.25, -0.2) is 0 Å². The molecule has 0 aliphatic heterocycles. The Morgan fingerprint density at radius 3 is 2.59 bits per heavy atom. The summed E-state index contributed by atoms with van der Waals surface area (Å²) in [7, 11) is 3.94. The maximum absolute atomic E-state index is 10.8. The molecule has 0 heterocycles. The van der Waals surface area contributed by atoms with Crippen molar-refractivity contribution in [2.24, 2.45) is 5.92 Å². The van der Waals surface area contributed by atoms with E-state index >= 15 is 0 Å². The molecule has 4 heteroatoms. The summed E-state index contributed by atoms with van der Waals surface area (Å²) in [6.45, 7) is 0.798. The van der Waals surface area contributed by atoms with Gasteiger partial charge in [0.1, 0.15) is 12.2 Å². The number of hydrogen-bond acceptors (Lipinski definition) is 3. The third-order valence-corrected chi connectivity index (χ3v) is 2.43. The summed E-state index contributed by atoms with van der Waals surface area (Å²) >= 11 is 0. The molecule has 1 aromatic carbocycles. The molecule has 0 aliphatic carbocycles. The zero-order valence-corrected chi connectivity index (χ0v) is 10.1. The van der Waals surface area contributed by atoms with Crippen molar-refractivity contribution >= 4 is 12.3 Å². The van der Waals surface area contributed by atoms with E-state index in [4.69, 9.17) is 5.11 Å². The van der Waals surface area contributed by atoms with Gasteiger partial charge in [0.15, 0.2) is 0 Å². The molecule has 1 aromatic rings. The number of rotatable bonds is 6. The molecule has 0 bridgehead atoms. The topological polar surface area (TPSA) is 57.6 Å². The van der Waals surface area contributed by atoms with Crippen LogP contribution in [0.15, 0.2) is 24.3 Å². The number of carboxylic acids is 1. The van der Waals surface area contributed by atoms with Crippen molar-refractivity contribution in [2.75, 3.05) is 14.1 Å². The predicted octanol–water partition coefficient (Wildman–Crippen LogP) is 1.19. The first-order chi connectivity index (χ1) is 8.02. The first kappa shape index (κ1) is 13.4. The van der Waals surface area contributed by atoms with Crippen LogP contribution >= 0.6 is 0 Å². The van der Waals surface area contributed by atoms with Crippen LogP contribution in [0, 0.1) is 5.92 Å². The summed E-state index contributed by atoms with van der Waals surface area (Å²) in [6, 6.07) is 7.66. The van der Waals surface area contributed by atoms with Crippen LogP contribution in [0.4, 0.5) is 0 Å². The fourth-order valence-corrected chi connectivity index (χ4v) is 1.67.